The highest BCUT2D eigenvalue weighted by Gasteiger charge is 2.13. The fourth-order valence-electron chi connectivity index (χ4n) is 1.63. The number of rotatable bonds is 5. The lowest BCUT2D eigenvalue weighted by atomic mass is 10.2. The van der Waals surface area contributed by atoms with Crippen molar-refractivity contribution >= 4 is 22.4 Å². The Morgan fingerprint density at radius 1 is 1.45 bits per heavy atom. The van der Waals surface area contributed by atoms with E-state index in [4.69, 9.17) is 15.7 Å². The van der Waals surface area contributed by atoms with E-state index in [0.717, 1.165) is 5.75 Å². The van der Waals surface area contributed by atoms with Crippen LogP contribution < -0.4 is 15.8 Å². The molecule has 104 valence electrons. The number of anilines is 2. The van der Waals surface area contributed by atoms with E-state index in [2.05, 4.69) is 9.69 Å². The highest BCUT2D eigenvalue weighted by Crippen LogP contribution is 2.26. The summed E-state index contributed by atoms with van der Waals surface area (Å²) in [5.41, 5.74) is 7.21. The molecule has 0 amide bonds. The second-order valence-corrected chi connectivity index (χ2v) is 5.33. The number of aryl methyl sites for hydroxylation is 1. The fourth-order valence-corrected chi connectivity index (χ4v) is 2.41. The van der Waals surface area contributed by atoms with E-state index in [1.807, 2.05) is 44.2 Å². The fraction of sp³-hybridized carbons (Fsp3) is 0.286. The van der Waals surface area contributed by atoms with Gasteiger partial charge in [-0.05, 0) is 37.5 Å². The largest absolute Gasteiger partial charge is 0.491 e. The zero-order valence-electron chi connectivity index (χ0n) is 11.4. The van der Waals surface area contributed by atoms with Crippen LogP contribution >= 0.6 is 11.5 Å². The average molecular weight is 288 g/mol. The van der Waals surface area contributed by atoms with Crippen molar-refractivity contribution in [3.8, 4) is 11.8 Å². The van der Waals surface area contributed by atoms with Crippen molar-refractivity contribution in [3.05, 3.63) is 35.4 Å². The van der Waals surface area contributed by atoms with Crippen LogP contribution in [-0.4, -0.2) is 17.0 Å². The van der Waals surface area contributed by atoms with Crippen LogP contribution in [0.25, 0.3) is 0 Å². The summed E-state index contributed by atoms with van der Waals surface area (Å²) in [6.45, 7) is 4.50. The number of nitrogens with two attached hydrogens (primary N) is 1. The lowest BCUT2D eigenvalue weighted by molar-refractivity contribution is 0.304. The number of nitrogen functional groups attached to an aromatic ring is 1. The minimum Gasteiger partial charge on any atom is -0.491 e. The molecule has 0 aliphatic heterocycles. The van der Waals surface area contributed by atoms with E-state index < -0.39 is 0 Å². The van der Waals surface area contributed by atoms with Gasteiger partial charge in [-0.1, -0.05) is 17.7 Å². The molecule has 1 aromatic carbocycles. The van der Waals surface area contributed by atoms with Gasteiger partial charge in [0.1, 0.15) is 29.0 Å². The molecule has 2 rings (SSSR count). The Morgan fingerprint density at radius 3 is 2.80 bits per heavy atom. The molecule has 0 bridgehead atoms. The number of nitrogens with one attached hydrogen (secondary N) is 1. The van der Waals surface area contributed by atoms with Crippen molar-refractivity contribution in [2.24, 2.45) is 0 Å². The third-order valence-electron chi connectivity index (χ3n) is 2.73. The number of nitriles is 1. The first kappa shape index (κ1) is 14.2. The highest BCUT2D eigenvalue weighted by atomic mass is 32.1. The van der Waals surface area contributed by atoms with Gasteiger partial charge in [0.15, 0.2) is 5.82 Å². The maximum absolute atomic E-state index is 9.00. The van der Waals surface area contributed by atoms with Gasteiger partial charge in [0.25, 0.3) is 0 Å². The van der Waals surface area contributed by atoms with Gasteiger partial charge < -0.3 is 15.8 Å². The molecule has 0 radical (unpaired) electrons. The maximum Gasteiger partial charge on any atom is 0.157 e. The molecule has 6 heteroatoms. The van der Waals surface area contributed by atoms with Crippen molar-refractivity contribution in [3.63, 3.8) is 0 Å². The summed E-state index contributed by atoms with van der Waals surface area (Å²) in [4.78, 5) is 0. The zero-order chi connectivity index (χ0) is 14.5. The lowest BCUT2D eigenvalue weighted by Gasteiger charge is -2.15. The highest BCUT2D eigenvalue weighted by molar-refractivity contribution is 7.10. The SMILES string of the molecule is Cc1ccc(OCC(C)Nc2snc(N)c2C#N)cc1. The molecule has 3 N–H and O–H groups in total. The molecule has 20 heavy (non-hydrogen) atoms. The van der Waals surface area contributed by atoms with Crippen molar-refractivity contribution in [1.29, 1.82) is 5.26 Å². The van der Waals surface area contributed by atoms with Gasteiger partial charge in [0.05, 0.1) is 6.04 Å². The second kappa shape index (κ2) is 6.26. The summed E-state index contributed by atoms with van der Waals surface area (Å²) in [6.07, 6.45) is 0. The van der Waals surface area contributed by atoms with Crippen LogP contribution in [0, 0.1) is 18.3 Å². The Bertz CT molecular complexity index is 615. The molecule has 0 saturated heterocycles. The van der Waals surface area contributed by atoms with Crippen LogP contribution in [0.4, 0.5) is 10.8 Å². The molecule has 2 aromatic rings. The van der Waals surface area contributed by atoms with Crippen LogP contribution in [-0.2, 0) is 0 Å². The van der Waals surface area contributed by atoms with Crippen molar-refractivity contribution in [2.75, 3.05) is 17.7 Å². The monoisotopic (exact) mass is 288 g/mol. The number of ether oxygens (including phenoxy) is 1. The Morgan fingerprint density at radius 2 is 2.15 bits per heavy atom. The van der Waals surface area contributed by atoms with Crippen LogP contribution in [0.3, 0.4) is 0 Å². The standard InChI is InChI=1S/C14H16N4OS/c1-9-3-5-11(6-4-9)19-8-10(2)17-14-12(7-15)13(16)18-20-14/h3-6,10,17H,8H2,1-2H3,(H2,16,18). The number of hydrogen-bond acceptors (Lipinski definition) is 6. The molecule has 0 aliphatic rings. The predicted molar refractivity (Wildman–Crippen MR) is 81.0 cm³/mol. The van der Waals surface area contributed by atoms with Gasteiger partial charge in [-0.15, -0.1) is 0 Å². The Balaban J connectivity index is 1.91. The Hall–Kier alpha value is -2.26. The summed E-state index contributed by atoms with van der Waals surface area (Å²) < 4.78 is 9.64. The first-order valence-electron chi connectivity index (χ1n) is 6.21. The zero-order valence-corrected chi connectivity index (χ0v) is 12.2. The first-order valence-corrected chi connectivity index (χ1v) is 6.98. The molecule has 1 aromatic heterocycles. The van der Waals surface area contributed by atoms with E-state index in [-0.39, 0.29) is 11.9 Å². The topological polar surface area (TPSA) is 84.0 Å². The molecule has 0 spiro atoms. The minimum absolute atomic E-state index is 0.0447. The smallest absolute Gasteiger partial charge is 0.157 e. The molecule has 0 aliphatic carbocycles. The van der Waals surface area contributed by atoms with Crippen LogP contribution in [0.1, 0.15) is 18.1 Å². The molecular weight excluding hydrogens is 272 g/mol. The summed E-state index contributed by atoms with van der Waals surface area (Å²) in [7, 11) is 0. The third kappa shape index (κ3) is 3.39. The third-order valence-corrected chi connectivity index (χ3v) is 3.52. The second-order valence-electron chi connectivity index (χ2n) is 4.55. The van der Waals surface area contributed by atoms with Gasteiger partial charge >= 0.3 is 0 Å². The quantitative estimate of drug-likeness (QED) is 0.883. The first-order chi connectivity index (χ1) is 9.60. The molecule has 0 saturated carbocycles. The summed E-state index contributed by atoms with van der Waals surface area (Å²) in [5, 5.41) is 12.9. The Kier molecular flexibility index (Phi) is 4.43. The van der Waals surface area contributed by atoms with Crippen LogP contribution in [0.2, 0.25) is 0 Å². The van der Waals surface area contributed by atoms with E-state index in [1.165, 1.54) is 17.1 Å². The van der Waals surface area contributed by atoms with Crippen molar-refractivity contribution in [1.82, 2.24) is 4.37 Å². The van der Waals surface area contributed by atoms with E-state index >= 15 is 0 Å². The minimum atomic E-state index is 0.0447. The molecular formula is C14H16N4OS. The maximum atomic E-state index is 9.00. The van der Waals surface area contributed by atoms with Gasteiger partial charge in [-0.2, -0.15) is 9.64 Å². The van der Waals surface area contributed by atoms with Crippen LogP contribution in [0.15, 0.2) is 24.3 Å². The van der Waals surface area contributed by atoms with E-state index in [9.17, 15) is 0 Å². The number of benzene rings is 1. The van der Waals surface area contributed by atoms with E-state index in [1.54, 1.807) is 0 Å². The van der Waals surface area contributed by atoms with E-state index in [0.29, 0.717) is 17.2 Å². The average Bonchev–Trinajstić information content (AvgIpc) is 2.78. The number of aromatic nitrogens is 1. The number of hydrogen-bond donors (Lipinski definition) is 2. The molecule has 1 heterocycles. The predicted octanol–water partition coefficient (Wildman–Crippen LogP) is 2.78. The summed E-state index contributed by atoms with van der Waals surface area (Å²) in [5.74, 6) is 1.10. The van der Waals surface area contributed by atoms with Crippen LogP contribution in [0.5, 0.6) is 5.75 Å². The Labute approximate surface area is 122 Å². The molecule has 1 atom stereocenters. The van der Waals surface area contributed by atoms with Gasteiger partial charge in [-0.25, -0.2) is 0 Å². The van der Waals surface area contributed by atoms with Gasteiger partial charge in [-0.3, -0.25) is 0 Å². The van der Waals surface area contributed by atoms with Crippen molar-refractivity contribution in [2.45, 2.75) is 19.9 Å². The molecule has 5 nitrogen and oxygen atoms in total. The summed E-state index contributed by atoms with van der Waals surface area (Å²) >= 11 is 1.19. The summed E-state index contributed by atoms with van der Waals surface area (Å²) in [6, 6.07) is 9.98. The number of nitrogens with zero attached hydrogens (tertiary/aromatic N) is 2. The lowest BCUT2D eigenvalue weighted by Crippen LogP contribution is -2.23. The molecule has 1 unspecified atom stereocenters. The van der Waals surface area contributed by atoms with Crippen molar-refractivity contribution < 1.29 is 4.74 Å². The normalized spacial score (nSPS) is 11.7. The van der Waals surface area contributed by atoms with Gasteiger partial charge in [0, 0.05) is 0 Å². The molecule has 0 fully saturated rings. The van der Waals surface area contributed by atoms with Gasteiger partial charge in [0.2, 0.25) is 0 Å².